The molecule has 6 nitrogen and oxygen atoms in total. The second-order valence-corrected chi connectivity index (χ2v) is 5.53. The van der Waals surface area contributed by atoms with Crippen LogP contribution in [-0.4, -0.2) is 38.4 Å². The van der Waals surface area contributed by atoms with Crippen molar-refractivity contribution in [3.8, 4) is 45.6 Å². The summed E-state index contributed by atoms with van der Waals surface area (Å²) in [4.78, 5) is 8.86. The van der Waals surface area contributed by atoms with Crippen molar-refractivity contribution in [1.82, 2.24) is 9.97 Å². The molecule has 140 valence electrons. The van der Waals surface area contributed by atoms with E-state index in [-0.39, 0.29) is 5.75 Å². The Morgan fingerprint density at radius 1 is 0.741 bits per heavy atom. The summed E-state index contributed by atoms with van der Waals surface area (Å²) in [6.07, 6.45) is 1.61. The van der Waals surface area contributed by atoms with E-state index in [4.69, 9.17) is 18.9 Å². The van der Waals surface area contributed by atoms with E-state index in [1.54, 1.807) is 50.7 Å². The summed E-state index contributed by atoms with van der Waals surface area (Å²) in [5, 5.41) is 0. The van der Waals surface area contributed by atoms with Crippen LogP contribution < -0.4 is 18.9 Å². The zero-order valence-electron chi connectivity index (χ0n) is 15.4. The minimum absolute atomic E-state index is 0.178. The van der Waals surface area contributed by atoms with Gasteiger partial charge in [-0.2, -0.15) is 0 Å². The molecule has 0 unspecified atom stereocenters. The molecule has 0 saturated carbocycles. The molecule has 0 atom stereocenters. The Balaban J connectivity index is 2.07. The molecule has 0 aliphatic heterocycles. The number of ether oxygens (including phenoxy) is 4. The third-order valence-corrected chi connectivity index (χ3v) is 4.03. The lowest BCUT2D eigenvalue weighted by Gasteiger charge is -2.14. The zero-order chi connectivity index (χ0) is 19.4. The third-order valence-electron chi connectivity index (χ3n) is 4.03. The molecule has 2 aromatic carbocycles. The lowest BCUT2D eigenvalue weighted by atomic mass is 10.1. The first kappa shape index (κ1) is 18.4. The van der Waals surface area contributed by atoms with Gasteiger partial charge in [0.1, 0.15) is 0 Å². The Hall–Kier alpha value is -3.35. The Morgan fingerprint density at radius 3 is 1.96 bits per heavy atom. The first-order valence-corrected chi connectivity index (χ1v) is 8.08. The topological polar surface area (TPSA) is 62.7 Å². The van der Waals surface area contributed by atoms with Gasteiger partial charge in [-0.3, -0.25) is 0 Å². The summed E-state index contributed by atoms with van der Waals surface area (Å²) in [6, 6.07) is 9.90. The van der Waals surface area contributed by atoms with Crippen LogP contribution in [0.1, 0.15) is 0 Å². The van der Waals surface area contributed by atoms with Crippen LogP contribution >= 0.6 is 0 Å². The fraction of sp³-hybridized carbons (Fsp3) is 0.200. The number of rotatable bonds is 6. The summed E-state index contributed by atoms with van der Waals surface area (Å²) < 4.78 is 35.1. The predicted octanol–water partition coefficient (Wildman–Crippen LogP) is 3.98. The van der Waals surface area contributed by atoms with Crippen LogP contribution in [0.3, 0.4) is 0 Å². The number of aromatic nitrogens is 2. The Kier molecular flexibility index (Phi) is 5.40. The molecule has 0 spiro atoms. The fourth-order valence-electron chi connectivity index (χ4n) is 2.69. The predicted molar refractivity (Wildman–Crippen MR) is 99.1 cm³/mol. The van der Waals surface area contributed by atoms with Crippen LogP contribution in [0.25, 0.3) is 22.6 Å². The second-order valence-electron chi connectivity index (χ2n) is 5.53. The van der Waals surface area contributed by atoms with E-state index in [0.717, 1.165) is 0 Å². The molecule has 0 aliphatic carbocycles. The van der Waals surface area contributed by atoms with Crippen LogP contribution in [0.5, 0.6) is 23.0 Å². The number of halogens is 1. The molecule has 7 heteroatoms. The van der Waals surface area contributed by atoms with Crippen LogP contribution in [-0.2, 0) is 0 Å². The van der Waals surface area contributed by atoms with Crippen molar-refractivity contribution in [2.45, 2.75) is 0 Å². The average Bonchev–Trinajstić information content (AvgIpc) is 2.72. The van der Waals surface area contributed by atoms with Crippen molar-refractivity contribution in [3.05, 3.63) is 48.4 Å². The van der Waals surface area contributed by atoms with E-state index >= 15 is 0 Å². The molecule has 1 heterocycles. The summed E-state index contributed by atoms with van der Waals surface area (Å²) in [5.74, 6) is 1.65. The highest BCUT2D eigenvalue weighted by Crippen LogP contribution is 2.40. The molecule has 0 fully saturated rings. The van der Waals surface area contributed by atoms with Crippen LogP contribution in [0.15, 0.2) is 42.6 Å². The van der Waals surface area contributed by atoms with Gasteiger partial charge in [0.25, 0.3) is 0 Å². The van der Waals surface area contributed by atoms with E-state index in [9.17, 15) is 4.39 Å². The average molecular weight is 370 g/mol. The van der Waals surface area contributed by atoms with E-state index < -0.39 is 5.82 Å². The normalized spacial score (nSPS) is 10.4. The molecular formula is C20H19FN2O4. The van der Waals surface area contributed by atoms with Crippen LogP contribution in [0, 0.1) is 5.82 Å². The summed E-state index contributed by atoms with van der Waals surface area (Å²) in [5.41, 5.74) is 1.88. The Morgan fingerprint density at radius 2 is 1.41 bits per heavy atom. The summed E-state index contributed by atoms with van der Waals surface area (Å²) in [6.45, 7) is 0. The highest BCUT2D eigenvalue weighted by Gasteiger charge is 2.16. The molecule has 0 saturated heterocycles. The lowest BCUT2D eigenvalue weighted by molar-refractivity contribution is 0.324. The lowest BCUT2D eigenvalue weighted by Crippen LogP contribution is -1.98. The Bertz CT molecular complexity index is 937. The van der Waals surface area contributed by atoms with Crippen molar-refractivity contribution in [2.75, 3.05) is 28.4 Å². The highest BCUT2D eigenvalue weighted by molar-refractivity contribution is 5.69. The number of hydrogen-bond donors (Lipinski definition) is 0. The SMILES string of the molecule is COc1ccc(-c2ccnc(-c3cc(OC)c(OC)c(OC)c3)n2)cc1F. The molecule has 27 heavy (non-hydrogen) atoms. The van der Waals surface area contributed by atoms with Gasteiger partial charge in [0.15, 0.2) is 28.9 Å². The molecule has 3 rings (SSSR count). The van der Waals surface area contributed by atoms with Crippen molar-refractivity contribution in [3.63, 3.8) is 0 Å². The monoisotopic (exact) mass is 370 g/mol. The maximum Gasteiger partial charge on any atom is 0.203 e. The molecule has 3 aromatic rings. The standard InChI is InChI=1S/C20H19FN2O4/c1-24-16-6-5-12(9-14(16)21)15-7-8-22-20(23-15)13-10-17(25-2)19(27-4)18(11-13)26-3/h5-11H,1-4H3. The van der Waals surface area contributed by atoms with Gasteiger partial charge in [-0.15, -0.1) is 0 Å². The van der Waals surface area contributed by atoms with E-state index in [1.807, 2.05) is 0 Å². The first-order valence-electron chi connectivity index (χ1n) is 8.08. The van der Waals surface area contributed by atoms with Crippen molar-refractivity contribution in [2.24, 2.45) is 0 Å². The zero-order valence-corrected chi connectivity index (χ0v) is 15.4. The van der Waals surface area contributed by atoms with E-state index in [1.165, 1.54) is 20.3 Å². The maximum absolute atomic E-state index is 14.0. The summed E-state index contributed by atoms with van der Waals surface area (Å²) in [7, 11) is 6.04. The smallest absolute Gasteiger partial charge is 0.203 e. The highest BCUT2D eigenvalue weighted by atomic mass is 19.1. The van der Waals surface area contributed by atoms with Crippen molar-refractivity contribution < 1.29 is 23.3 Å². The fourth-order valence-corrected chi connectivity index (χ4v) is 2.69. The van der Waals surface area contributed by atoms with Gasteiger partial charge in [-0.05, 0) is 36.4 Å². The molecule has 0 aliphatic rings. The number of hydrogen-bond acceptors (Lipinski definition) is 6. The maximum atomic E-state index is 14.0. The molecular weight excluding hydrogens is 351 g/mol. The summed E-state index contributed by atoms with van der Waals surface area (Å²) >= 11 is 0. The molecule has 0 radical (unpaired) electrons. The quantitative estimate of drug-likeness (QED) is 0.654. The van der Waals surface area contributed by atoms with E-state index in [0.29, 0.717) is 39.9 Å². The van der Waals surface area contributed by atoms with Crippen molar-refractivity contribution >= 4 is 0 Å². The minimum atomic E-state index is -0.456. The number of nitrogens with zero attached hydrogens (tertiary/aromatic N) is 2. The van der Waals surface area contributed by atoms with Gasteiger partial charge in [-0.25, -0.2) is 14.4 Å². The largest absolute Gasteiger partial charge is 0.494 e. The first-order chi connectivity index (χ1) is 13.1. The van der Waals surface area contributed by atoms with Crippen LogP contribution in [0.2, 0.25) is 0 Å². The number of methoxy groups -OCH3 is 4. The van der Waals surface area contributed by atoms with Gasteiger partial charge < -0.3 is 18.9 Å². The van der Waals surface area contributed by atoms with Gasteiger partial charge in [0.2, 0.25) is 5.75 Å². The van der Waals surface area contributed by atoms with Gasteiger partial charge in [0.05, 0.1) is 34.1 Å². The second kappa shape index (κ2) is 7.90. The molecule has 1 aromatic heterocycles. The molecule has 0 amide bonds. The van der Waals surface area contributed by atoms with Gasteiger partial charge >= 0.3 is 0 Å². The van der Waals surface area contributed by atoms with Gasteiger partial charge in [-0.1, -0.05) is 0 Å². The van der Waals surface area contributed by atoms with Gasteiger partial charge in [0, 0.05) is 17.3 Å². The Labute approximate surface area is 156 Å². The van der Waals surface area contributed by atoms with E-state index in [2.05, 4.69) is 9.97 Å². The minimum Gasteiger partial charge on any atom is -0.494 e. The van der Waals surface area contributed by atoms with Crippen LogP contribution in [0.4, 0.5) is 4.39 Å². The van der Waals surface area contributed by atoms with Crippen molar-refractivity contribution in [1.29, 1.82) is 0 Å². The molecule has 0 N–H and O–H groups in total. The number of benzene rings is 2. The third kappa shape index (κ3) is 3.62. The molecule has 0 bridgehead atoms.